The lowest BCUT2D eigenvalue weighted by atomic mass is 10.1. The minimum Gasteiger partial charge on any atom is -0.353 e. The van der Waals surface area contributed by atoms with Crippen LogP contribution < -0.4 is 5.32 Å². The van der Waals surface area contributed by atoms with Gasteiger partial charge >= 0.3 is 0 Å². The largest absolute Gasteiger partial charge is 0.353 e. The summed E-state index contributed by atoms with van der Waals surface area (Å²) in [5, 5.41) is 5.00. The van der Waals surface area contributed by atoms with Gasteiger partial charge < -0.3 is 5.32 Å². The molecule has 1 aliphatic rings. The van der Waals surface area contributed by atoms with Crippen molar-refractivity contribution in [2.75, 3.05) is 5.75 Å². The summed E-state index contributed by atoms with van der Waals surface area (Å²) in [6, 6.07) is 8.23. The molecule has 1 fully saturated rings. The van der Waals surface area contributed by atoms with Gasteiger partial charge in [-0.3, -0.25) is 4.79 Å². The van der Waals surface area contributed by atoms with Crippen molar-refractivity contribution in [1.29, 1.82) is 0 Å². The fraction of sp³-hybridized carbons (Fsp3) is 0.500. The molecule has 1 atom stereocenters. The van der Waals surface area contributed by atoms with E-state index in [1.165, 1.54) is 24.6 Å². The molecule has 5 heteroatoms. The predicted molar refractivity (Wildman–Crippen MR) is 94.7 cm³/mol. The molecule has 0 radical (unpaired) electrons. The van der Waals surface area contributed by atoms with Crippen molar-refractivity contribution in [1.82, 2.24) is 15.3 Å². The number of thioether (sulfide) groups is 1. The number of amides is 1. The van der Waals surface area contributed by atoms with Crippen molar-refractivity contribution < 1.29 is 4.79 Å². The molecule has 3 rings (SSSR count). The second kappa shape index (κ2) is 6.87. The first-order valence-electron chi connectivity index (χ1n) is 8.23. The summed E-state index contributed by atoms with van der Waals surface area (Å²) in [5.74, 6) is 2.33. The molecule has 1 aromatic carbocycles. The maximum absolute atomic E-state index is 12.1. The van der Waals surface area contributed by atoms with Crippen LogP contribution in [0.25, 0.3) is 10.9 Å². The first-order chi connectivity index (χ1) is 11.0. The van der Waals surface area contributed by atoms with Crippen LogP contribution >= 0.6 is 11.8 Å². The van der Waals surface area contributed by atoms with Gasteiger partial charge in [0.05, 0.1) is 11.3 Å². The Kier molecular flexibility index (Phi) is 4.85. The monoisotopic (exact) mass is 329 g/mol. The van der Waals surface area contributed by atoms with Crippen molar-refractivity contribution in [2.24, 2.45) is 5.92 Å². The number of rotatable bonds is 6. The molecule has 0 aliphatic heterocycles. The van der Waals surface area contributed by atoms with E-state index in [2.05, 4.69) is 24.1 Å². The average molecular weight is 329 g/mol. The van der Waals surface area contributed by atoms with Gasteiger partial charge in [-0.15, -0.1) is 0 Å². The second-order valence-electron chi connectivity index (χ2n) is 6.57. The average Bonchev–Trinajstić information content (AvgIpc) is 3.37. The molecule has 23 heavy (non-hydrogen) atoms. The number of nitrogens with zero attached hydrogens (tertiary/aromatic N) is 2. The van der Waals surface area contributed by atoms with Gasteiger partial charge in [0.25, 0.3) is 0 Å². The van der Waals surface area contributed by atoms with Crippen molar-refractivity contribution in [3.8, 4) is 0 Å². The highest BCUT2D eigenvalue weighted by atomic mass is 32.2. The highest BCUT2D eigenvalue weighted by Crippen LogP contribution is 2.39. The Bertz CT molecular complexity index is 712. The minimum atomic E-state index is 0.0619. The zero-order chi connectivity index (χ0) is 16.4. The van der Waals surface area contributed by atoms with Crippen LogP contribution in [0.15, 0.2) is 29.3 Å². The third kappa shape index (κ3) is 4.02. The van der Waals surface area contributed by atoms with Crippen LogP contribution in [-0.4, -0.2) is 27.7 Å². The van der Waals surface area contributed by atoms with E-state index in [0.29, 0.717) is 17.6 Å². The first-order valence-corrected chi connectivity index (χ1v) is 9.22. The SMILES string of the molecule is CC(C)[C@@H](C)NC(=O)CSc1nc(C2CC2)nc2ccccc12. The third-order valence-corrected chi connectivity index (χ3v) is 5.25. The summed E-state index contributed by atoms with van der Waals surface area (Å²) in [5.41, 5.74) is 0.975. The quantitative estimate of drug-likeness (QED) is 0.647. The molecule has 1 heterocycles. The van der Waals surface area contributed by atoms with Crippen molar-refractivity contribution in [3.05, 3.63) is 30.1 Å². The van der Waals surface area contributed by atoms with Crippen LogP contribution in [0, 0.1) is 5.92 Å². The van der Waals surface area contributed by atoms with E-state index >= 15 is 0 Å². The summed E-state index contributed by atoms with van der Waals surface area (Å²) in [6.45, 7) is 6.26. The van der Waals surface area contributed by atoms with Gasteiger partial charge in [-0.05, 0) is 31.7 Å². The summed E-state index contributed by atoms with van der Waals surface area (Å²) < 4.78 is 0. The van der Waals surface area contributed by atoms with Gasteiger partial charge in [0.1, 0.15) is 10.9 Å². The number of fused-ring (bicyclic) bond motifs is 1. The van der Waals surface area contributed by atoms with E-state index in [1.54, 1.807) is 0 Å². The van der Waals surface area contributed by atoms with E-state index in [0.717, 1.165) is 21.8 Å². The van der Waals surface area contributed by atoms with Gasteiger partial charge in [0, 0.05) is 17.3 Å². The Labute approximate surface area is 141 Å². The van der Waals surface area contributed by atoms with E-state index < -0.39 is 0 Å². The Hall–Kier alpha value is -1.62. The van der Waals surface area contributed by atoms with Crippen molar-refractivity contribution in [3.63, 3.8) is 0 Å². The molecule has 1 amide bonds. The van der Waals surface area contributed by atoms with E-state index in [4.69, 9.17) is 4.98 Å². The molecule has 1 aromatic heterocycles. The normalized spacial score (nSPS) is 15.8. The number of benzene rings is 1. The number of para-hydroxylation sites is 1. The first kappa shape index (κ1) is 16.2. The molecule has 4 nitrogen and oxygen atoms in total. The van der Waals surface area contributed by atoms with Crippen LogP contribution in [0.5, 0.6) is 0 Å². The number of carbonyl (C=O) groups excluding carboxylic acids is 1. The summed E-state index contributed by atoms with van der Waals surface area (Å²) in [7, 11) is 0. The van der Waals surface area contributed by atoms with E-state index in [1.807, 2.05) is 31.2 Å². The summed E-state index contributed by atoms with van der Waals surface area (Å²) in [6.07, 6.45) is 2.35. The summed E-state index contributed by atoms with van der Waals surface area (Å²) in [4.78, 5) is 21.5. The van der Waals surface area contributed by atoms with Gasteiger partial charge in [0.15, 0.2) is 0 Å². The molecule has 0 unspecified atom stereocenters. The molecule has 0 bridgehead atoms. The molecule has 1 N–H and O–H groups in total. The molecule has 0 spiro atoms. The predicted octanol–water partition coefficient (Wildman–Crippen LogP) is 3.76. The molecule has 1 aliphatic carbocycles. The lowest BCUT2D eigenvalue weighted by molar-refractivity contribution is -0.119. The Morgan fingerprint density at radius 1 is 1.26 bits per heavy atom. The topological polar surface area (TPSA) is 54.9 Å². The number of carbonyl (C=O) groups is 1. The highest BCUT2D eigenvalue weighted by Gasteiger charge is 2.27. The van der Waals surface area contributed by atoms with Crippen LogP contribution in [0.2, 0.25) is 0 Å². The lowest BCUT2D eigenvalue weighted by Crippen LogP contribution is -2.37. The zero-order valence-electron chi connectivity index (χ0n) is 13.9. The fourth-order valence-electron chi connectivity index (χ4n) is 2.29. The van der Waals surface area contributed by atoms with Gasteiger partial charge in [-0.25, -0.2) is 9.97 Å². The van der Waals surface area contributed by atoms with Crippen LogP contribution in [-0.2, 0) is 4.79 Å². The number of hydrogen-bond acceptors (Lipinski definition) is 4. The molecule has 122 valence electrons. The number of nitrogens with one attached hydrogen (secondary N) is 1. The molecule has 1 saturated carbocycles. The molecular weight excluding hydrogens is 306 g/mol. The Morgan fingerprint density at radius 3 is 2.70 bits per heavy atom. The number of aromatic nitrogens is 2. The Morgan fingerprint density at radius 2 is 2.00 bits per heavy atom. The molecule has 2 aromatic rings. The molecule has 0 saturated heterocycles. The highest BCUT2D eigenvalue weighted by molar-refractivity contribution is 8.00. The fourth-order valence-corrected chi connectivity index (χ4v) is 3.13. The second-order valence-corrected chi connectivity index (χ2v) is 7.53. The van der Waals surface area contributed by atoms with Crippen LogP contribution in [0.4, 0.5) is 0 Å². The van der Waals surface area contributed by atoms with Gasteiger partial charge in [-0.1, -0.05) is 43.8 Å². The van der Waals surface area contributed by atoms with Crippen LogP contribution in [0.1, 0.15) is 45.4 Å². The van der Waals surface area contributed by atoms with Crippen molar-refractivity contribution in [2.45, 2.75) is 50.6 Å². The van der Waals surface area contributed by atoms with E-state index in [-0.39, 0.29) is 11.9 Å². The lowest BCUT2D eigenvalue weighted by Gasteiger charge is -2.17. The van der Waals surface area contributed by atoms with Crippen LogP contribution in [0.3, 0.4) is 0 Å². The van der Waals surface area contributed by atoms with E-state index in [9.17, 15) is 4.79 Å². The smallest absolute Gasteiger partial charge is 0.230 e. The maximum atomic E-state index is 12.1. The maximum Gasteiger partial charge on any atom is 0.230 e. The van der Waals surface area contributed by atoms with Gasteiger partial charge in [-0.2, -0.15) is 0 Å². The summed E-state index contributed by atoms with van der Waals surface area (Å²) >= 11 is 1.51. The number of hydrogen-bond donors (Lipinski definition) is 1. The zero-order valence-corrected chi connectivity index (χ0v) is 14.7. The van der Waals surface area contributed by atoms with Gasteiger partial charge in [0.2, 0.25) is 5.91 Å². The third-order valence-electron chi connectivity index (χ3n) is 4.26. The minimum absolute atomic E-state index is 0.0619. The standard InChI is InChI=1S/C18H23N3OS/c1-11(2)12(3)19-16(22)10-23-18-14-6-4-5-7-15(14)20-17(21-18)13-8-9-13/h4-7,11-13H,8-10H2,1-3H3,(H,19,22)/t12-/m1/s1. The molecular formula is C18H23N3OS. The Balaban J connectivity index is 1.75. The van der Waals surface area contributed by atoms with Crippen molar-refractivity contribution >= 4 is 28.6 Å².